The Morgan fingerprint density at radius 3 is 2.47 bits per heavy atom. The predicted molar refractivity (Wildman–Crippen MR) is 143 cm³/mol. The van der Waals surface area contributed by atoms with Gasteiger partial charge in [0.1, 0.15) is 17.6 Å². The molecule has 0 radical (unpaired) electrons. The number of rotatable bonds is 5. The molecule has 4 aromatic rings. The second-order valence-corrected chi connectivity index (χ2v) is 9.72. The highest BCUT2D eigenvalue weighted by Gasteiger charge is 2.42. The lowest BCUT2D eigenvalue weighted by molar-refractivity contribution is 0.439. The molecule has 2 aromatic heterocycles. The molecule has 2 aromatic carbocycles. The summed E-state index contributed by atoms with van der Waals surface area (Å²) in [5, 5.41) is 5.03. The molecule has 0 aliphatic carbocycles. The zero-order valence-corrected chi connectivity index (χ0v) is 21.0. The van der Waals surface area contributed by atoms with Crippen molar-refractivity contribution in [3.8, 4) is 11.3 Å². The summed E-state index contributed by atoms with van der Waals surface area (Å²) < 4.78 is 6.39. The highest BCUT2D eigenvalue weighted by Crippen LogP contribution is 2.44. The van der Waals surface area contributed by atoms with Gasteiger partial charge < -0.3 is 14.6 Å². The molecule has 1 saturated heterocycles. The summed E-state index contributed by atoms with van der Waals surface area (Å²) in [5.41, 5.74) is 3.89. The fourth-order valence-corrected chi connectivity index (χ4v) is 5.03. The second-order valence-electron chi connectivity index (χ2n) is 8.55. The normalized spacial score (nSPS) is 17.9. The molecule has 172 valence electrons. The van der Waals surface area contributed by atoms with E-state index < -0.39 is 0 Å². The largest absolute Gasteiger partial charge is 0.459 e. The van der Waals surface area contributed by atoms with Gasteiger partial charge in [0.25, 0.3) is 0 Å². The van der Waals surface area contributed by atoms with E-state index >= 15 is 0 Å². The Hall–Kier alpha value is -2.86. The molecule has 7 heteroatoms. The molecule has 1 N–H and O–H groups in total. The number of nitrogens with one attached hydrogen (secondary N) is 1. The van der Waals surface area contributed by atoms with Crippen LogP contribution in [0.5, 0.6) is 0 Å². The molecular weight excluding hydrogens is 485 g/mol. The number of nitrogens with zero attached hydrogens (tertiary/aromatic N) is 2. The number of halogens is 2. The summed E-state index contributed by atoms with van der Waals surface area (Å²) in [7, 11) is 0. The van der Waals surface area contributed by atoms with Crippen LogP contribution in [0.4, 0.5) is 5.69 Å². The van der Waals surface area contributed by atoms with Crippen LogP contribution in [-0.2, 0) is 0 Å². The molecule has 1 fully saturated rings. The number of anilines is 1. The van der Waals surface area contributed by atoms with E-state index in [1.54, 1.807) is 12.3 Å². The van der Waals surface area contributed by atoms with Crippen LogP contribution in [0.15, 0.2) is 83.4 Å². The molecule has 4 nitrogen and oxygen atoms in total. The Morgan fingerprint density at radius 1 is 0.971 bits per heavy atom. The topological polar surface area (TPSA) is 41.3 Å². The van der Waals surface area contributed by atoms with Crippen LogP contribution in [-0.4, -0.2) is 10.1 Å². The Balaban J connectivity index is 1.59. The van der Waals surface area contributed by atoms with Gasteiger partial charge >= 0.3 is 0 Å². The van der Waals surface area contributed by atoms with E-state index in [0.29, 0.717) is 26.8 Å². The van der Waals surface area contributed by atoms with Crippen molar-refractivity contribution in [2.24, 2.45) is 0 Å². The first kappa shape index (κ1) is 22.9. The van der Waals surface area contributed by atoms with Crippen molar-refractivity contribution in [3.05, 3.63) is 106 Å². The maximum Gasteiger partial charge on any atom is 0.174 e. The standard InChI is InChI=1S/C27H23Cl2N3OS/c1-16(2)17-9-11-18(12-10-17)32-26(25(31-27(32)34)21-8-3-4-15-30-21)23-14-13-22(33-23)19-6-5-7-20(28)24(19)29/h3-16,25-26H,1-2H3,(H,31,34)/t25-,26-/m1/s1. The number of hydrogen-bond acceptors (Lipinski definition) is 3. The molecule has 3 heterocycles. The van der Waals surface area contributed by atoms with Crippen LogP contribution in [0.3, 0.4) is 0 Å². The lowest BCUT2D eigenvalue weighted by Gasteiger charge is -2.26. The van der Waals surface area contributed by atoms with Crippen LogP contribution in [0.25, 0.3) is 11.3 Å². The molecule has 0 unspecified atom stereocenters. The Labute approximate surface area is 214 Å². The van der Waals surface area contributed by atoms with Crippen molar-refractivity contribution < 1.29 is 4.42 Å². The van der Waals surface area contributed by atoms with E-state index in [1.807, 2.05) is 42.5 Å². The average molecular weight is 508 g/mol. The maximum atomic E-state index is 6.46. The molecule has 0 amide bonds. The van der Waals surface area contributed by atoms with E-state index in [4.69, 9.17) is 39.8 Å². The Morgan fingerprint density at radius 2 is 1.76 bits per heavy atom. The molecule has 1 aliphatic heterocycles. The van der Waals surface area contributed by atoms with Crippen LogP contribution in [0.2, 0.25) is 10.0 Å². The van der Waals surface area contributed by atoms with E-state index in [-0.39, 0.29) is 12.1 Å². The van der Waals surface area contributed by atoms with Crippen LogP contribution in [0, 0.1) is 0 Å². The van der Waals surface area contributed by atoms with Gasteiger partial charge in [-0.3, -0.25) is 4.98 Å². The van der Waals surface area contributed by atoms with Crippen molar-refractivity contribution >= 4 is 46.2 Å². The van der Waals surface area contributed by atoms with Gasteiger partial charge in [-0.05, 0) is 72.2 Å². The van der Waals surface area contributed by atoms with Gasteiger partial charge in [-0.15, -0.1) is 0 Å². The van der Waals surface area contributed by atoms with E-state index in [2.05, 4.69) is 53.3 Å². The zero-order chi connectivity index (χ0) is 23.8. The molecule has 34 heavy (non-hydrogen) atoms. The molecule has 0 spiro atoms. The minimum atomic E-state index is -0.237. The fourth-order valence-electron chi connectivity index (χ4n) is 4.29. The number of thiocarbonyl (C=S) groups is 1. The van der Waals surface area contributed by atoms with Gasteiger partial charge in [0.05, 0.1) is 21.8 Å². The van der Waals surface area contributed by atoms with Gasteiger partial charge in [-0.1, -0.05) is 61.3 Å². The minimum Gasteiger partial charge on any atom is -0.459 e. The van der Waals surface area contributed by atoms with Crippen molar-refractivity contribution in [3.63, 3.8) is 0 Å². The number of hydrogen-bond donors (Lipinski definition) is 1. The van der Waals surface area contributed by atoms with Crippen LogP contribution in [0.1, 0.15) is 48.9 Å². The first-order valence-corrected chi connectivity index (χ1v) is 12.2. The third-order valence-electron chi connectivity index (χ3n) is 6.07. The summed E-state index contributed by atoms with van der Waals surface area (Å²) in [6.07, 6.45) is 1.79. The third kappa shape index (κ3) is 4.20. The highest BCUT2D eigenvalue weighted by atomic mass is 35.5. The van der Waals surface area contributed by atoms with Crippen molar-refractivity contribution in [1.82, 2.24) is 10.3 Å². The molecule has 5 rings (SSSR count). The highest BCUT2D eigenvalue weighted by molar-refractivity contribution is 7.80. The fraction of sp³-hybridized carbons (Fsp3) is 0.185. The van der Waals surface area contributed by atoms with Gasteiger partial charge in [0.2, 0.25) is 0 Å². The quantitative estimate of drug-likeness (QED) is 0.277. The average Bonchev–Trinajstić information content (AvgIpc) is 3.46. The minimum absolute atomic E-state index is 0.188. The first-order chi connectivity index (χ1) is 16.4. The first-order valence-electron chi connectivity index (χ1n) is 11.1. The summed E-state index contributed by atoms with van der Waals surface area (Å²) >= 11 is 18.5. The maximum absolute atomic E-state index is 6.46. The molecule has 2 atom stereocenters. The smallest absolute Gasteiger partial charge is 0.174 e. The summed E-state index contributed by atoms with van der Waals surface area (Å²) in [5.74, 6) is 1.85. The Bertz CT molecular complexity index is 1320. The summed E-state index contributed by atoms with van der Waals surface area (Å²) in [4.78, 5) is 6.70. The monoisotopic (exact) mass is 507 g/mol. The zero-order valence-electron chi connectivity index (χ0n) is 18.7. The second kappa shape index (κ2) is 9.41. The lowest BCUT2D eigenvalue weighted by atomic mass is 10.0. The predicted octanol–water partition coefficient (Wildman–Crippen LogP) is 7.95. The number of furan rings is 1. The molecule has 1 aliphatic rings. The van der Waals surface area contributed by atoms with Gasteiger partial charge in [0, 0.05) is 17.4 Å². The molecular formula is C27H23Cl2N3OS. The van der Waals surface area contributed by atoms with Gasteiger partial charge in [-0.2, -0.15) is 0 Å². The summed E-state index contributed by atoms with van der Waals surface area (Å²) in [6.45, 7) is 4.37. The van der Waals surface area contributed by atoms with Crippen LogP contribution < -0.4 is 10.2 Å². The van der Waals surface area contributed by atoms with Crippen molar-refractivity contribution in [2.45, 2.75) is 31.8 Å². The van der Waals surface area contributed by atoms with Gasteiger partial charge in [0.15, 0.2) is 5.11 Å². The molecule has 0 saturated carbocycles. The van der Waals surface area contributed by atoms with Crippen molar-refractivity contribution in [1.29, 1.82) is 0 Å². The number of pyridine rings is 1. The number of aromatic nitrogens is 1. The summed E-state index contributed by atoms with van der Waals surface area (Å²) in [6, 6.07) is 23.4. The van der Waals surface area contributed by atoms with Crippen LogP contribution >= 0.6 is 35.4 Å². The SMILES string of the molecule is CC(C)c1ccc(N2C(=S)N[C@H](c3ccccn3)[C@H]2c2ccc(-c3cccc(Cl)c3Cl)o2)cc1. The lowest BCUT2D eigenvalue weighted by Crippen LogP contribution is -2.29. The van der Waals surface area contributed by atoms with Gasteiger partial charge in [-0.25, -0.2) is 0 Å². The van der Waals surface area contributed by atoms with E-state index in [9.17, 15) is 0 Å². The van der Waals surface area contributed by atoms with Crippen molar-refractivity contribution in [2.75, 3.05) is 4.90 Å². The van der Waals surface area contributed by atoms with E-state index in [1.165, 1.54) is 5.56 Å². The van der Waals surface area contributed by atoms with E-state index in [0.717, 1.165) is 22.7 Å². The third-order valence-corrected chi connectivity index (χ3v) is 7.20. The molecule has 0 bridgehead atoms. The Kier molecular flexibility index (Phi) is 6.34. The number of benzene rings is 2.